The molecule has 0 aliphatic heterocycles. The fourth-order valence-corrected chi connectivity index (χ4v) is 5.04. The number of ether oxygens (including phenoxy) is 1. The molecule has 0 spiro atoms. The fourth-order valence-electron chi connectivity index (χ4n) is 4.44. The summed E-state index contributed by atoms with van der Waals surface area (Å²) in [6, 6.07) is 20.1. The summed E-state index contributed by atoms with van der Waals surface area (Å²) >= 11 is 13.3. The molecular weight excluding hydrogens is 535 g/mol. The maximum Gasteiger partial charge on any atom is 0.232 e. The molecule has 0 saturated carbocycles. The molecule has 5 rings (SSSR count). The van der Waals surface area contributed by atoms with Gasteiger partial charge in [-0.25, -0.2) is 4.98 Å². The number of pyridine rings is 1. The average Bonchev–Trinajstić information content (AvgIpc) is 3.59. The van der Waals surface area contributed by atoms with Gasteiger partial charge in [0, 0.05) is 47.7 Å². The highest BCUT2D eigenvalue weighted by Gasteiger charge is 2.22. The molecule has 0 saturated heterocycles. The summed E-state index contributed by atoms with van der Waals surface area (Å²) in [6.45, 7) is 2.03. The number of halogens is 2. The van der Waals surface area contributed by atoms with Gasteiger partial charge in [0.1, 0.15) is 17.9 Å². The lowest BCUT2D eigenvalue weighted by molar-refractivity contribution is -0.117. The SMILES string of the molecule is Cc1ccc2cccc(OCc3c(Cl)ccc(N(C)C(=O)Cc4ccc(C(=O)c5ccc[nH]5)n4C)c3Cl)c2n1. The molecule has 198 valence electrons. The highest BCUT2D eigenvalue weighted by molar-refractivity contribution is 6.38. The van der Waals surface area contributed by atoms with E-state index in [1.54, 1.807) is 61.3 Å². The third-order valence-electron chi connectivity index (χ3n) is 6.73. The van der Waals surface area contributed by atoms with Gasteiger partial charge >= 0.3 is 0 Å². The van der Waals surface area contributed by atoms with E-state index >= 15 is 0 Å². The van der Waals surface area contributed by atoms with Crippen LogP contribution < -0.4 is 9.64 Å². The maximum atomic E-state index is 13.3. The van der Waals surface area contributed by atoms with Gasteiger partial charge in [-0.15, -0.1) is 0 Å². The number of para-hydroxylation sites is 1. The topological polar surface area (TPSA) is 80.2 Å². The zero-order valence-electron chi connectivity index (χ0n) is 21.7. The van der Waals surface area contributed by atoms with Crippen LogP contribution in [0, 0.1) is 6.92 Å². The van der Waals surface area contributed by atoms with Crippen LogP contribution >= 0.6 is 23.2 Å². The van der Waals surface area contributed by atoms with Gasteiger partial charge in [0.25, 0.3) is 0 Å². The minimum Gasteiger partial charge on any atom is -0.487 e. The van der Waals surface area contributed by atoms with Crippen LogP contribution in [0.4, 0.5) is 5.69 Å². The first-order valence-corrected chi connectivity index (χ1v) is 13.1. The quantitative estimate of drug-likeness (QED) is 0.219. The lowest BCUT2D eigenvalue weighted by Gasteiger charge is -2.21. The van der Waals surface area contributed by atoms with Crippen LogP contribution in [0.2, 0.25) is 10.0 Å². The number of ketones is 1. The molecule has 0 radical (unpaired) electrons. The van der Waals surface area contributed by atoms with Gasteiger partial charge in [0.2, 0.25) is 11.7 Å². The number of carbonyl (C=O) groups is 2. The van der Waals surface area contributed by atoms with Crippen LogP contribution in [0.3, 0.4) is 0 Å². The summed E-state index contributed by atoms with van der Waals surface area (Å²) in [4.78, 5) is 35.0. The number of rotatable bonds is 8. The highest BCUT2D eigenvalue weighted by atomic mass is 35.5. The number of hydrogen-bond donors (Lipinski definition) is 1. The monoisotopic (exact) mass is 560 g/mol. The Hall–Kier alpha value is -4.07. The normalized spacial score (nSPS) is 11.1. The number of likely N-dealkylation sites (N-methyl/N-ethyl adjacent to an activating group) is 1. The summed E-state index contributed by atoms with van der Waals surface area (Å²) in [5, 5.41) is 1.73. The smallest absolute Gasteiger partial charge is 0.232 e. The molecule has 0 fully saturated rings. The van der Waals surface area contributed by atoms with Crippen molar-refractivity contribution < 1.29 is 14.3 Å². The molecule has 3 aromatic heterocycles. The standard InChI is InChI=1S/C30H26Cl2N4O3/c1-18-9-10-19-6-4-8-26(29(19)34-18)39-17-21-22(31)12-14-24(28(21)32)36(3)27(37)16-20-11-13-25(35(20)2)30(38)23-7-5-15-33-23/h4-15,33H,16-17H2,1-3H3. The molecule has 2 aromatic carbocycles. The van der Waals surface area contributed by atoms with E-state index in [1.807, 2.05) is 37.3 Å². The molecule has 0 bridgehead atoms. The summed E-state index contributed by atoms with van der Waals surface area (Å²) in [6.07, 6.45) is 1.78. The van der Waals surface area contributed by atoms with Crippen LogP contribution in [-0.4, -0.2) is 33.3 Å². The number of amides is 1. The van der Waals surface area contributed by atoms with Gasteiger partial charge in [0.15, 0.2) is 0 Å². The van der Waals surface area contributed by atoms with E-state index in [-0.39, 0.29) is 24.7 Å². The first kappa shape index (κ1) is 26.5. The number of anilines is 1. The van der Waals surface area contributed by atoms with E-state index in [4.69, 9.17) is 27.9 Å². The first-order valence-electron chi connectivity index (χ1n) is 12.3. The first-order chi connectivity index (χ1) is 18.7. The molecule has 1 N–H and O–H groups in total. The van der Waals surface area contributed by atoms with Crippen molar-refractivity contribution >= 4 is 51.5 Å². The van der Waals surface area contributed by atoms with E-state index in [0.717, 1.165) is 16.6 Å². The number of nitrogens with zero attached hydrogens (tertiary/aromatic N) is 3. The average molecular weight is 561 g/mol. The predicted octanol–water partition coefficient (Wildman–Crippen LogP) is 6.53. The number of nitrogens with one attached hydrogen (secondary N) is 1. The third-order valence-corrected chi connectivity index (χ3v) is 7.50. The molecule has 0 aliphatic carbocycles. The minimum absolute atomic E-state index is 0.0802. The van der Waals surface area contributed by atoms with Gasteiger partial charge in [-0.1, -0.05) is 41.4 Å². The molecule has 5 aromatic rings. The van der Waals surface area contributed by atoms with Crippen molar-refractivity contribution in [2.75, 3.05) is 11.9 Å². The number of carbonyl (C=O) groups excluding carboxylic acids is 2. The van der Waals surface area contributed by atoms with E-state index in [2.05, 4.69) is 9.97 Å². The number of fused-ring (bicyclic) bond motifs is 1. The summed E-state index contributed by atoms with van der Waals surface area (Å²) < 4.78 is 7.85. The molecule has 0 atom stereocenters. The number of benzene rings is 2. The number of aromatic nitrogens is 3. The predicted molar refractivity (Wildman–Crippen MR) is 154 cm³/mol. The summed E-state index contributed by atoms with van der Waals surface area (Å²) in [5.74, 6) is 0.281. The molecule has 3 heterocycles. The van der Waals surface area contributed by atoms with Crippen LogP contribution in [0.5, 0.6) is 5.75 Å². The second-order valence-electron chi connectivity index (χ2n) is 9.24. The molecule has 39 heavy (non-hydrogen) atoms. The van der Waals surface area contributed by atoms with Crippen molar-refractivity contribution in [3.05, 3.63) is 111 Å². The Labute approximate surface area is 235 Å². The second kappa shape index (κ2) is 11.0. The number of H-pyrrole nitrogens is 1. The molecule has 0 aliphatic rings. The van der Waals surface area contributed by atoms with Crippen molar-refractivity contribution in [1.82, 2.24) is 14.5 Å². The molecule has 9 heteroatoms. The Morgan fingerprint density at radius 2 is 1.85 bits per heavy atom. The van der Waals surface area contributed by atoms with Crippen LogP contribution in [0.1, 0.15) is 33.1 Å². The van der Waals surface area contributed by atoms with Crippen LogP contribution in [0.15, 0.2) is 72.9 Å². The molecule has 1 amide bonds. The van der Waals surface area contributed by atoms with Gasteiger partial charge in [-0.3, -0.25) is 9.59 Å². The van der Waals surface area contributed by atoms with Crippen molar-refractivity contribution in [1.29, 1.82) is 0 Å². The van der Waals surface area contributed by atoms with Crippen molar-refractivity contribution in [3.63, 3.8) is 0 Å². The van der Waals surface area contributed by atoms with E-state index < -0.39 is 0 Å². The zero-order valence-corrected chi connectivity index (χ0v) is 23.2. The van der Waals surface area contributed by atoms with E-state index in [1.165, 1.54) is 4.90 Å². The Morgan fingerprint density at radius 3 is 2.62 bits per heavy atom. The van der Waals surface area contributed by atoms with Crippen molar-refractivity contribution in [2.45, 2.75) is 20.0 Å². The molecule has 7 nitrogen and oxygen atoms in total. The highest BCUT2D eigenvalue weighted by Crippen LogP contribution is 2.35. The molecule has 0 unspecified atom stereocenters. The number of aromatic amines is 1. The van der Waals surface area contributed by atoms with Gasteiger partial charge in [-0.05, 0) is 55.5 Å². The van der Waals surface area contributed by atoms with Crippen molar-refractivity contribution in [2.24, 2.45) is 7.05 Å². The van der Waals surface area contributed by atoms with E-state index in [9.17, 15) is 9.59 Å². The Bertz CT molecular complexity index is 1690. The second-order valence-corrected chi connectivity index (χ2v) is 10.0. The van der Waals surface area contributed by atoms with E-state index in [0.29, 0.717) is 44.1 Å². The minimum atomic E-state index is -0.195. The fraction of sp³-hybridized carbons (Fsp3) is 0.167. The van der Waals surface area contributed by atoms with Crippen LogP contribution in [0.25, 0.3) is 10.9 Å². The van der Waals surface area contributed by atoms with Gasteiger partial charge < -0.3 is 19.2 Å². The van der Waals surface area contributed by atoms with Gasteiger partial charge in [0.05, 0.1) is 28.5 Å². The zero-order chi connectivity index (χ0) is 27.7. The number of hydrogen-bond acceptors (Lipinski definition) is 4. The Kier molecular flexibility index (Phi) is 7.46. The van der Waals surface area contributed by atoms with Crippen molar-refractivity contribution in [3.8, 4) is 5.75 Å². The Balaban J connectivity index is 1.34. The summed E-state index contributed by atoms with van der Waals surface area (Å²) in [5.41, 5.74) is 4.40. The third kappa shape index (κ3) is 5.28. The summed E-state index contributed by atoms with van der Waals surface area (Å²) in [7, 11) is 3.43. The Morgan fingerprint density at radius 1 is 1.03 bits per heavy atom. The maximum absolute atomic E-state index is 13.3. The van der Waals surface area contributed by atoms with Crippen LogP contribution in [-0.2, 0) is 24.9 Å². The number of aryl methyl sites for hydroxylation is 1. The molecular formula is C30H26Cl2N4O3. The lowest BCUT2D eigenvalue weighted by Crippen LogP contribution is -2.29. The largest absolute Gasteiger partial charge is 0.487 e. The van der Waals surface area contributed by atoms with Gasteiger partial charge in [-0.2, -0.15) is 0 Å². The lowest BCUT2D eigenvalue weighted by atomic mass is 10.1.